The molecule has 21 heavy (non-hydrogen) atoms. The van der Waals surface area contributed by atoms with E-state index < -0.39 is 6.61 Å². The summed E-state index contributed by atoms with van der Waals surface area (Å²) >= 11 is 1.32. The number of aromatic nitrogens is 2. The van der Waals surface area contributed by atoms with E-state index in [0.717, 1.165) is 11.4 Å². The molecule has 0 aliphatic heterocycles. The highest BCUT2D eigenvalue weighted by molar-refractivity contribution is 7.15. The topological polar surface area (TPSA) is 64.1 Å². The summed E-state index contributed by atoms with van der Waals surface area (Å²) in [4.78, 5) is 11.8. The lowest BCUT2D eigenvalue weighted by atomic mass is 10.1. The van der Waals surface area contributed by atoms with Crippen molar-refractivity contribution in [1.29, 1.82) is 0 Å². The van der Waals surface area contributed by atoms with Crippen LogP contribution in [-0.2, 0) is 17.6 Å². The molecular weight excluding hydrogens is 300 g/mol. The van der Waals surface area contributed by atoms with Gasteiger partial charge in [-0.15, -0.1) is 10.2 Å². The number of hydrogen-bond acceptors (Lipinski definition) is 5. The van der Waals surface area contributed by atoms with Crippen molar-refractivity contribution >= 4 is 22.4 Å². The van der Waals surface area contributed by atoms with Crippen LogP contribution in [0.5, 0.6) is 5.75 Å². The van der Waals surface area contributed by atoms with E-state index in [-0.39, 0.29) is 18.1 Å². The third-order valence-electron chi connectivity index (χ3n) is 2.53. The Morgan fingerprint density at radius 2 is 2.05 bits per heavy atom. The van der Waals surface area contributed by atoms with E-state index >= 15 is 0 Å². The van der Waals surface area contributed by atoms with Crippen LogP contribution in [0, 0.1) is 0 Å². The molecule has 8 heteroatoms. The molecule has 0 radical (unpaired) electrons. The number of aryl methyl sites for hydroxylation is 1. The summed E-state index contributed by atoms with van der Waals surface area (Å²) in [5.74, 6) is -0.179. The van der Waals surface area contributed by atoms with Gasteiger partial charge in [-0.3, -0.25) is 4.79 Å². The molecule has 0 saturated heterocycles. The number of amides is 1. The van der Waals surface area contributed by atoms with Crippen LogP contribution in [-0.4, -0.2) is 22.7 Å². The van der Waals surface area contributed by atoms with Crippen molar-refractivity contribution in [2.45, 2.75) is 26.4 Å². The molecule has 1 amide bonds. The number of nitrogens with one attached hydrogen (secondary N) is 1. The zero-order valence-corrected chi connectivity index (χ0v) is 12.0. The Hall–Kier alpha value is -2.09. The first-order valence-electron chi connectivity index (χ1n) is 6.22. The normalized spacial score (nSPS) is 10.7. The van der Waals surface area contributed by atoms with Crippen LogP contribution in [0.3, 0.4) is 0 Å². The summed E-state index contributed by atoms with van der Waals surface area (Å²) in [5, 5.41) is 11.7. The average molecular weight is 313 g/mol. The zero-order valence-electron chi connectivity index (χ0n) is 11.2. The van der Waals surface area contributed by atoms with Crippen molar-refractivity contribution in [3.05, 3.63) is 34.8 Å². The molecular formula is C13H13F2N3O2S. The van der Waals surface area contributed by atoms with Crippen LogP contribution < -0.4 is 10.1 Å². The number of hydrogen-bond donors (Lipinski definition) is 1. The third-order valence-corrected chi connectivity index (χ3v) is 3.51. The predicted molar refractivity (Wildman–Crippen MR) is 74.7 cm³/mol. The van der Waals surface area contributed by atoms with E-state index in [4.69, 9.17) is 0 Å². The van der Waals surface area contributed by atoms with Gasteiger partial charge in [0.1, 0.15) is 10.8 Å². The van der Waals surface area contributed by atoms with Gasteiger partial charge in [0.2, 0.25) is 11.0 Å². The van der Waals surface area contributed by atoms with Gasteiger partial charge >= 0.3 is 6.61 Å². The fraction of sp³-hybridized carbons (Fsp3) is 0.308. The molecule has 112 valence electrons. The van der Waals surface area contributed by atoms with Crippen molar-refractivity contribution in [1.82, 2.24) is 10.2 Å². The molecule has 1 aromatic heterocycles. The average Bonchev–Trinajstić information content (AvgIpc) is 2.88. The van der Waals surface area contributed by atoms with Gasteiger partial charge in [-0.2, -0.15) is 8.78 Å². The maximum atomic E-state index is 12.0. The molecule has 0 bridgehead atoms. The molecule has 2 rings (SSSR count). The second-order valence-electron chi connectivity index (χ2n) is 4.10. The van der Waals surface area contributed by atoms with Crippen molar-refractivity contribution in [2.24, 2.45) is 0 Å². The smallest absolute Gasteiger partial charge is 0.387 e. The molecule has 0 atom stereocenters. The van der Waals surface area contributed by atoms with E-state index in [0.29, 0.717) is 10.7 Å². The van der Waals surface area contributed by atoms with Gasteiger partial charge in [0.15, 0.2) is 0 Å². The van der Waals surface area contributed by atoms with Gasteiger partial charge in [0, 0.05) is 0 Å². The van der Waals surface area contributed by atoms with Crippen LogP contribution in [0.1, 0.15) is 17.5 Å². The summed E-state index contributed by atoms with van der Waals surface area (Å²) in [6.07, 6.45) is 0.884. The monoisotopic (exact) mass is 313 g/mol. The number of alkyl halides is 2. The standard InChI is InChI=1S/C13H13F2N3O2S/c1-2-11-17-18-13(21-11)16-10(19)7-8-3-5-9(6-4-8)20-12(14)15/h3-6,12H,2,7H2,1H3,(H,16,18,19). The third kappa shape index (κ3) is 4.75. The fourth-order valence-corrected chi connectivity index (χ4v) is 2.28. The summed E-state index contributed by atoms with van der Waals surface area (Å²) in [5.41, 5.74) is 0.689. The van der Waals surface area contributed by atoms with Gasteiger partial charge in [-0.1, -0.05) is 30.4 Å². The maximum Gasteiger partial charge on any atom is 0.387 e. The summed E-state index contributed by atoms with van der Waals surface area (Å²) < 4.78 is 28.2. The quantitative estimate of drug-likeness (QED) is 0.890. The summed E-state index contributed by atoms with van der Waals surface area (Å²) in [6, 6.07) is 5.92. The number of halogens is 2. The minimum atomic E-state index is -2.86. The molecule has 0 spiro atoms. The second kappa shape index (κ2) is 7.07. The summed E-state index contributed by atoms with van der Waals surface area (Å²) in [7, 11) is 0. The molecule has 5 nitrogen and oxygen atoms in total. The number of carbonyl (C=O) groups excluding carboxylic acids is 1. The van der Waals surface area contributed by atoms with Crippen LogP contribution in [0.2, 0.25) is 0 Å². The van der Waals surface area contributed by atoms with Crippen molar-refractivity contribution in [3.63, 3.8) is 0 Å². The Labute approximate surface area is 124 Å². The van der Waals surface area contributed by atoms with Gasteiger partial charge in [-0.25, -0.2) is 0 Å². The molecule has 0 aliphatic rings. The first-order chi connectivity index (χ1) is 10.1. The lowest BCUT2D eigenvalue weighted by Gasteiger charge is -2.05. The van der Waals surface area contributed by atoms with E-state index in [9.17, 15) is 13.6 Å². The van der Waals surface area contributed by atoms with Crippen molar-refractivity contribution < 1.29 is 18.3 Å². The van der Waals surface area contributed by atoms with Crippen molar-refractivity contribution in [2.75, 3.05) is 5.32 Å². The minimum absolute atomic E-state index is 0.0610. The van der Waals surface area contributed by atoms with Crippen LogP contribution in [0.15, 0.2) is 24.3 Å². The minimum Gasteiger partial charge on any atom is -0.435 e. The zero-order chi connectivity index (χ0) is 15.2. The van der Waals surface area contributed by atoms with Crippen LogP contribution >= 0.6 is 11.3 Å². The highest BCUT2D eigenvalue weighted by atomic mass is 32.1. The number of benzene rings is 1. The van der Waals surface area contributed by atoms with E-state index in [2.05, 4.69) is 20.3 Å². The van der Waals surface area contributed by atoms with Crippen LogP contribution in [0.4, 0.5) is 13.9 Å². The lowest BCUT2D eigenvalue weighted by Crippen LogP contribution is -2.14. The van der Waals surface area contributed by atoms with Gasteiger partial charge in [0.25, 0.3) is 0 Å². The number of ether oxygens (including phenoxy) is 1. The maximum absolute atomic E-state index is 12.0. The largest absolute Gasteiger partial charge is 0.435 e. The van der Waals surface area contributed by atoms with E-state index in [1.165, 1.54) is 23.5 Å². The van der Waals surface area contributed by atoms with Gasteiger partial charge < -0.3 is 10.1 Å². The molecule has 0 unspecified atom stereocenters. The molecule has 2 aromatic rings. The summed E-state index contributed by atoms with van der Waals surface area (Å²) in [6.45, 7) is -0.904. The Morgan fingerprint density at radius 1 is 1.33 bits per heavy atom. The lowest BCUT2D eigenvalue weighted by molar-refractivity contribution is -0.115. The Kier molecular flexibility index (Phi) is 5.15. The Balaban J connectivity index is 1.90. The molecule has 0 fully saturated rings. The second-order valence-corrected chi connectivity index (χ2v) is 5.16. The molecule has 1 N–H and O–H groups in total. The fourth-order valence-electron chi connectivity index (χ4n) is 1.58. The predicted octanol–water partition coefficient (Wildman–Crippen LogP) is 2.88. The number of carbonyl (C=O) groups is 1. The molecule has 1 aromatic carbocycles. The Morgan fingerprint density at radius 3 is 2.62 bits per heavy atom. The van der Waals surface area contributed by atoms with Gasteiger partial charge in [0.05, 0.1) is 6.42 Å². The van der Waals surface area contributed by atoms with Crippen molar-refractivity contribution in [3.8, 4) is 5.75 Å². The highest BCUT2D eigenvalue weighted by Crippen LogP contribution is 2.17. The van der Waals surface area contributed by atoms with E-state index in [1.54, 1.807) is 12.1 Å². The van der Waals surface area contributed by atoms with E-state index in [1.807, 2.05) is 6.92 Å². The first kappa shape index (κ1) is 15.3. The SMILES string of the molecule is CCc1nnc(NC(=O)Cc2ccc(OC(F)F)cc2)s1. The highest BCUT2D eigenvalue weighted by Gasteiger charge is 2.09. The first-order valence-corrected chi connectivity index (χ1v) is 7.04. The number of anilines is 1. The molecule has 0 saturated carbocycles. The Bertz CT molecular complexity index is 602. The van der Waals surface area contributed by atoms with Crippen LogP contribution in [0.25, 0.3) is 0 Å². The number of rotatable bonds is 6. The number of nitrogens with zero attached hydrogens (tertiary/aromatic N) is 2. The molecule has 1 heterocycles. The van der Waals surface area contributed by atoms with Gasteiger partial charge in [-0.05, 0) is 24.1 Å². The molecule has 0 aliphatic carbocycles.